The summed E-state index contributed by atoms with van der Waals surface area (Å²) in [5, 5.41) is 6.27. The van der Waals surface area contributed by atoms with Crippen LogP contribution < -0.4 is 40.6 Å². The van der Waals surface area contributed by atoms with Crippen LogP contribution in [0.3, 0.4) is 0 Å². The van der Waals surface area contributed by atoms with E-state index in [9.17, 15) is 25.9 Å². The second kappa shape index (κ2) is 14.6. The molecule has 0 heterocycles. The molecule has 0 radical (unpaired) electrons. The molecule has 0 fully saturated rings. The van der Waals surface area contributed by atoms with E-state index in [1.165, 1.54) is 24.3 Å². The number of aryl methyl sites for hydroxylation is 1. The van der Waals surface area contributed by atoms with Gasteiger partial charge in [-0.25, -0.2) is 13.4 Å². The Hall–Kier alpha value is -4.85. The summed E-state index contributed by atoms with van der Waals surface area (Å²) in [5.41, 5.74) is 14.6. The van der Waals surface area contributed by atoms with Crippen LogP contribution in [0, 0.1) is 6.92 Å². The zero-order valence-corrected chi connectivity index (χ0v) is 31.7. The van der Waals surface area contributed by atoms with Crippen LogP contribution in [0.5, 0.6) is 0 Å². The number of allylic oxidation sites excluding steroid dienone is 5. The van der Waals surface area contributed by atoms with E-state index in [1.807, 2.05) is 98.0 Å². The van der Waals surface area contributed by atoms with Crippen molar-refractivity contribution in [3.63, 3.8) is 0 Å². The number of anilines is 3. The molecule has 6 aromatic carbocycles. The van der Waals surface area contributed by atoms with Gasteiger partial charge in [-0.1, -0.05) is 54.6 Å². The molecule has 0 unspecified atom stereocenters. The number of nitrogen functional groups attached to an aromatic ring is 1. The maximum absolute atomic E-state index is 11.6. The molecule has 12 heteroatoms. The Morgan fingerprint density at radius 1 is 0.654 bits per heavy atom. The van der Waals surface area contributed by atoms with Crippen molar-refractivity contribution >= 4 is 75.8 Å². The minimum absolute atomic E-state index is 0. The average molecular weight is 736 g/mol. The van der Waals surface area contributed by atoms with Crippen molar-refractivity contribution in [2.24, 2.45) is 4.99 Å². The number of nitrogens with zero attached hydrogens (tertiary/aromatic N) is 1. The second-order valence-electron chi connectivity index (χ2n) is 12.2. The molecule has 0 atom stereocenters. The number of fused-ring (bicyclic) bond motifs is 2. The first-order valence-electron chi connectivity index (χ1n) is 15.7. The largest absolute Gasteiger partial charge is 1.00 e. The Morgan fingerprint density at radius 3 is 1.88 bits per heavy atom. The van der Waals surface area contributed by atoms with Crippen LogP contribution in [0.4, 0.5) is 22.7 Å². The zero-order chi connectivity index (χ0) is 35.9. The second-order valence-corrected chi connectivity index (χ2v) is 15.0. The summed E-state index contributed by atoms with van der Waals surface area (Å²) in [6.07, 6.45) is 7.80. The van der Waals surface area contributed by atoms with Crippen molar-refractivity contribution in [3.8, 4) is 0 Å². The summed E-state index contributed by atoms with van der Waals surface area (Å²) in [6, 6.07) is 33.6. The molecule has 0 aliphatic heterocycles. The molecule has 7 rings (SSSR count). The Balaban J connectivity index is 0.00000464. The summed E-state index contributed by atoms with van der Waals surface area (Å²) in [4.78, 5) is 4.29. The predicted octanol–water partition coefficient (Wildman–Crippen LogP) is 5.48. The summed E-state index contributed by atoms with van der Waals surface area (Å²) >= 11 is 0. The van der Waals surface area contributed by atoms with E-state index in [0.29, 0.717) is 27.9 Å². The van der Waals surface area contributed by atoms with E-state index in [-0.39, 0.29) is 39.3 Å². The van der Waals surface area contributed by atoms with Crippen LogP contribution in [0.25, 0.3) is 27.1 Å². The number of nitrogens with two attached hydrogens (primary N) is 1. The number of nitrogens with one attached hydrogen (secondary N) is 1. The first-order valence-corrected chi connectivity index (χ1v) is 18.6. The maximum atomic E-state index is 11.6. The zero-order valence-electron chi connectivity index (χ0n) is 28.1. The molecule has 6 aromatic rings. The quantitative estimate of drug-likeness (QED) is 0.110. The molecule has 1 aliphatic rings. The van der Waals surface area contributed by atoms with Crippen LogP contribution in [0.15, 0.2) is 160 Å². The fourth-order valence-corrected chi connectivity index (χ4v) is 6.99. The number of aliphatic imine (C=N–C) groups is 1. The van der Waals surface area contributed by atoms with Crippen LogP contribution in [0.1, 0.15) is 16.7 Å². The topological polar surface area (TPSA) is 162 Å². The molecule has 0 spiro atoms. The monoisotopic (exact) mass is 735 g/mol. The van der Waals surface area contributed by atoms with Gasteiger partial charge in [0.05, 0.1) is 21.2 Å². The van der Waals surface area contributed by atoms with E-state index in [2.05, 4.69) is 11.4 Å². The summed E-state index contributed by atoms with van der Waals surface area (Å²) in [5.74, 6) is 0. The van der Waals surface area contributed by atoms with Gasteiger partial charge in [0.25, 0.3) is 10.1 Å². The van der Waals surface area contributed by atoms with E-state index in [4.69, 9.17) is 10.7 Å². The Labute approximate surface area is 323 Å². The van der Waals surface area contributed by atoms with Crippen LogP contribution >= 0.6 is 0 Å². The van der Waals surface area contributed by atoms with Gasteiger partial charge in [-0.2, -0.15) is 8.42 Å². The number of rotatable bonds is 7. The molecule has 0 aromatic heterocycles. The third-order valence-electron chi connectivity index (χ3n) is 8.63. The van der Waals surface area contributed by atoms with Gasteiger partial charge in [-0.15, -0.1) is 0 Å². The molecule has 0 saturated heterocycles. The molecule has 0 saturated carbocycles. The number of benzene rings is 6. The fraction of sp³-hybridized carbons (Fsp3) is 0.0250. The van der Waals surface area contributed by atoms with Crippen molar-refractivity contribution in [2.45, 2.75) is 16.7 Å². The Kier molecular flexibility index (Phi) is 10.4. The molecule has 4 N–H and O–H groups in total. The van der Waals surface area contributed by atoms with E-state index >= 15 is 0 Å². The third kappa shape index (κ3) is 8.11. The van der Waals surface area contributed by atoms with Crippen LogP contribution in [-0.4, -0.2) is 31.7 Å². The molecule has 0 bridgehead atoms. The van der Waals surface area contributed by atoms with Gasteiger partial charge < -0.3 is 15.6 Å². The van der Waals surface area contributed by atoms with Crippen molar-refractivity contribution in [2.75, 3.05) is 11.1 Å². The summed E-state index contributed by atoms with van der Waals surface area (Å²) < 4.78 is 67.4. The van der Waals surface area contributed by atoms with Crippen molar-refractivity contribution in [1.82, 2.24) is 0 Å². The van der Waals surface area contributed by atoms with Crippen LogP contribution in [-0.2, 0) is 20.2 Å². The number of hydrogen-bond donors (Lipinski definition) is 3. The minimum Gasteiger partial charge on any atom is -0.744 e. The first kappa shape index (κ1) is 36.9. The van der Waals surface area contributed by atoms with E-state index < -0.39 is 20.2 Å². The van der Waals surface area contributed by atoms with E-state index in [1.54, 1.807) is 18.2 Å². The van der Waals surface area contributed by atoms with Gasteiger partial charge in [-0.3, -0.25) is 4.55 Å². The van der Waals surface area contributed by atoms with Gasteiger partial charge in [0.2, 0.25) is 0 Å². The van der Waals surface area contributed by atoms with E-state index in [0.717, 1.165) is 50.0 Å². The van der Waals surface area contributed by atoms with Crippen molar-refractivity contribution in [1.29, 1.82) is 0 Å². The van der Waals surface area contributed by atoms with Gasteiger partial charge in [0.1, 0.15) is 10.1 Å². The molecular formula is C40H30N3NaO6S2. The average Bonchev–Trinajstić information content (AvgIpc) is 3.10. The number of hydrogen-bond acceptors (Lipinski definition) is 8. The molecule has 9 nitrogen and oxygen atoms in total. The summed E-state index contributed by atoms with van der Waals surface area (Å²) in [7, 11) is -8.90. The Morgan fingerprint density at radius 2 is 1.23 bits per heavy atom. The van der Waals surface area contributed by atoms with Crippen LogP contribution in [0.2, 0.25) is 0 Å². The standard InChI is InChI=1S/C40H31N3O6S2.Na/c1-25-20-30(10-19-39(25)41)40(28-4-11-33(12-5-28)42-35-15-2-26-8-17-37(50(44,45)46)23-31(26)21-35)29-6-13-34(14-7-29)43-36-16-3-27-9-18-38(51(47,48)49)24-32(27)22-36;/h2-24,42H,41H2,1H3,(H,44,45,46)(H,47,48,49);/q;+1/p-1. The maximum Gasteiger partial charge on any atom is 1.00 e. The molecule has 1 aliphatic carbocycles. The van der Waals surface area contributed by atoms with Crippen molar-refractivity contribution in [3.05, 3.63) is 162 Å². The van der Waals surface area contributed by atoms with Gasteiger partial charge in [0, 0.05) is 17.1 Å². The molecule has 0 amide bonds. The smallest absolute Gasteiger partial charge is 0.744 e. The van der Waals surface area contributed by atoms with Crippen molar-refractivity contribution < 1.29 is 55.5 Å². The summed E-state index contributed by atoms with van der Waals surface area (Å²) in [6.45, 7) is 1.97. The SMILES string of the molecule is Cc1cc(C(=C2C=CC(=Nc3ccc4ccc(S(=O)(=O)[O-])cc4c3)C=C2)c2ccc(Nc3ccc4ccc(S(=O)(=O)O)cc4c3)cc2)ccc1N.[Na+]. The minimum atomic E-state index is -4.58. The molecular weight excluding hydrogens is 706 g/mol. The third-order valence-corrected chi connectivity index (χ3v) is 10.3. The molecule has 52 heavy (non-hydrogen) atoms. The molecule has 254 valence electrons. The van der Waals surface area contributed by atoms with Gasteiger partial charge in [0.15, 0.2) is 0 Å². The Bertz CT molecular complexity index is 2720. The normalized spacial score (nSPS) is 12.9. The fourth-order valence-electron chi connectivity index (χ4n) is 5.97. The predicted molar refractivity (Wildman–Crippen MR) is 202 cm³/mol. The van der Waals surface area contributed by atoms with Gasteiger partial charge in [-0.05, 0) is 141 Å². The first-order chi connectivity index (χ1) is 24.3. The van der Waals surface area contributed by atoms with Gasteiger partial charge >= 0.3 is 29.6 Å².